The monoisotopic (exact) mass is 475 g/mol. The molecule has 5 rings (SSSR count). The highest BCUT2D eigenvalue weighted by atomic mass is 16.5. The van der Waals surface area contributed by atoms with Gasteiger partial charge in [0.25, 0.3) is 5.91 Å². The zero-order valence-corrected chi connectivity index (χ0v) is 18.5. The predicted octanol–water partition coefficient (Wildman–Crippen LogP) is 1.36. The number of hydrogen-bond donors (Lipinski definition) is 2. The molecule has 35 heavy (non-hydrogen) atoms. The molecule has 0 aliphatic carbocycles. The minimum Gasteiger partial charge on any atom is -0.489 e. The van der Waals surface area contributed by atoms with Gasteiger partial charge in [0.2, 0.25) is 11.8 Å². The maximum Gasteiger partial charge on any atom is 0.355 e. The van der Waals surface area contributed by atoms with Crippen LogP contribution in [0.5, 0.6) is 5.75 Å². The Balaban J connectivity index is 1.25. The van der Waals surface area contributed by atoms with Crippen molar-refractivity contribution >= 4 is 23.7 Å². The molecule has 1 atom stereocenters. The summed E-state index contributed by atoms with van der Waals surface area (Å²) in [5.74, 6) is -1.56. The lowest BCUT2D eigenvalue weighted by atomic mass is 10.0. The fraction of sp³-hybridized carbons (Fsp3) is 0.250. The van der Waals surface area contributed by atoms with Crippen LogP contribution in [0.25, 0.3) is 0 Å². The number of aromatic carboxylic acids is 1. The van der Waals surface area contributed by atoms with Crippen molar-refractivity contribution in [1.29, 1.82) is 0 Å². The quantitative estimate of drug-likeness (QED) is 0.488. The van der Waals surface area contributed by atoms with Crippen LogP contribution in [-0.2, 0) is 29.3 Å². The van der Waals surface area contributed by atoms with Crippen LogP contribution >= 0.6 is 0 Å². The Kier molecular flexibility index (Phi) is 5.73. The summed E-state index contributed by atoms with van der Waals surface area (Å²) in [5, 5.41) is 18.9. The van der Waals surface area contributed by atoms with E-state index in [-0.39, 0.29) is 43.6 Å². The molecule has 1 saturated heterocycles. The number of piperidine rings is 1. The fourth-order valence-electron chi connectivity index (χ4n) is 4.31. The van der Waals surface area contributed by atoms with Gasteiger partial charge in [-0.2, -0.15) is 0 Å². The first-order chi connectivity index (χ1) is 16.9. The molecule has 178 valence electrons. The first kappa shape index (κ1) is 22.3. The third-order valence-corrected chi connectivity index (χ3v) is 6.13. The van der Waals surface area contributed by atoms with Crippen LogP contribution in [0.3, 0.4) is 0 Å². The Morgan fingerprint density at radius 1 is 1.11 bits per heavy atom. The van der Waals surface area contributed by atoms with Crippen molar-refractivity contribution in [2.24, 2.45) is 0 Å². The number of aromatic nitrogens is 3. The average Bonchev–Trinajstić information content (AvgIpc) is 3.44. The second-order valence-electron chi connectivity index (χ2n) is 8.37. The van der Waals surface area contributed by atoms with Gasteiger partial charge in [-0.25, -0.2) is 9.48 Å². The van der Waals surface area contributed by atoms with Gasteiger partial charge in [-0.1, -0.05) is 35.5 Å². The van der Waals surface area contributed by atoms with E-state index in [1.807, 2.05) is 24.3 Å². The van der Waals surface area contributed by atoms with E-state index >= 15 is 0 Å². The summed E-state index contributed by atoms with van der Waals surface area (Å²) in [7, 11) is 0. The molecule has 0 spiro atoms. The summed E-state index contributed by atoms with van der Waals surface area (Å²) in [4.78, 5) is 49.4. The van der Waals surface area contributed by atoms with Crippen LogP contribution in [0, 0.1) is 0 Å². The molecule has 0 saturated carbocycles. The maximum absolute atomic E-state index is 12.9. The van der Waals surface area contributed by atoms with E-state index in [0.717, 1.165) is 11.1 Å². The van der Waals surface area contributed by atoms with E-state index in [9.17, 15) is 24.3 Å². The predicted molar refractivity (Wildman–Crippen MR) is 119 cm³/mol. The van der Waals surface area contributed by atoms with Gasteiger partial charge in [0.15, 0.2) is 5.69 Å². The molecule has 11 heteroatoms. The summed E-state index contributed by atoms with van der Waals surface area (Å²) in [5.41, 5.74) is 2.95. The molecule has 2 aliphatic heterocycles. The molecule has 3 aromatic rings. The smallest absolute Gasteiger partial charge is 0.355 e. The van der Waals surface area contributed by atoms with Crippen molar-refractivity contribution in [3.63, 3.8) is 0 Å². The molecular weight excluding hydrogens is 454 g/mol. The fourth-order valence-corrected chi connectivity index (χ4v) is 4.31. The zero-order chi connectivity index (χ0) is 24.5. The number of ether oxygens (including phenoxy) is 1. The summed E-state index contributed by atoms with van der Waals surface area (Å²) in [6.45, 7) is 0.764. The SMILES string of the molecule is O=C1CCC(N2Cc3c(OCc4ccc(Cn5nncc5C(=O)O)cc4)cccc3C2=O)C(=O)N1. The van der Waals surface area contributed by atoms with Crippen molar-refractivity contribution in [3.8, 4) is 5.75 Å². The van der Waals surface area contributed by atoms with E-state index in [4.69, 9.17) is 4.74 Å². The lowest BCUT2D eigenvalue weighted by Gasteiger charge is -2.29. The highest BCUT2D eigenvalue weighted by Crippen LogP contribution is 2.34. The zero-order valence-electron chi connectivity index (χ0n) is 18.5. The van der Waals surface area contributed by atoms with E-state index < -0.39 is 17.9 Å². The number of benzene rings is 2. The molecule has 3 amide bonds. The van der Waals surface area contributed by atoms with Crippen molar-refractivity contribution < 1.29 is 29.0 Å². The number of hydrogen-bond acceptors (Lipinski definition) is 7. The number of rotatable bonds is 7. The Morgan fingerprint density at radius 2 is 1.89 bits per heavy atom. The Hall–Kier alpha value is -4.54. The summed E-state index contributed by atoms with van der Waals surface area (Å²) < 4.78 is 7.33. The average molecular weight is 475 g/mol. The van der Waals surface area contributed by atoms with Crippen LogP contribution in [0.1, 0.15) is 50.4 Å². The summed E-state index contributed by atoms with van der Waals surface area (Å²) >= 11 is 0. The second-order valence-corrected chi connectivity index (χ2v) is 8.37. The van der Waals surface area contributed by atoms with Gasteiger partial charge < -0.3 is 14.7 Å². The van der Waals surface area contributed by atoms with Gasteiger partial charge in [-0.15, -0.1) is 5.10 Å². The Bertz CT molecular complexity index is 1330. The minimum atomic E-state index is -1.09. The molecule has 1 unspecified atom stereocenters. The molecule has 3 heterocycles. The lowest BCUT2D eigenvalue weighted by Crippen LogP contribution is -2.52. The first-order valence-electron chi connectivity index (χ1n) is 11.0. The topological polar surface area (TPSA) is 144 Å². The Morgan fingerprint density at radius 3 is 2.63 bits per heavy atom. The molecule has 0 bridgehead atoms. The van der Waals surface area contributed by atoms with Gasteiger partial charge in [0.05, 0.1) is 19.3 Å². The van der Waals surface area contributed by atoms with Crippen LogP contribution in [0.15, 0.2) is 48.7 Å². The second kappa shape index (κ2) is 9.01. The Labute approximate surface area is 199 Å². The van der Waals surface area contributed by atoms with Gasteiger partial charge >= 0.3 is 5.97 Å². The number of amides is 3. The highest BCUT2D eigenvalue weighted by molar-refractivity contribution is 6.05. The lowest BCUT2D eigenvalue weighted by molar-refractivity contribution is -0.136. The van der Waals surface area contributed by atoms with Crippen molar-refractivity contribution in [2.75, 3.05) is 0 Å². The number of fused-ring (bicyclic) bond motifs is 1. The van der Waals surface area contributed by atoms with E-state index in [2.05, 4.69) is 15.6 Å². The summed E-state index contributed by atoms with van der Waals surface area (Å²) in [6, 6.07) is 12.0. The van der Waals surface area contributed by atoms with E-state index in [1.165, 1.54) is 15.8 Å². The number of carboxylic acid groups (broad SMARTS) is 1. The number of carboxylic acids is 1. The molecule has 1 fully saturated rings. The van der Waals surface area contributed by atoms with Gasteiger partial charge in [-0.3, -0.25) is 19.7 Å². The normalized spacial score (nSPS) is 17.3. The molecule has 2 aliphatic rings. The molecule has 2 N–H and O–H groups in total. The molecule has 11 nitrogen and oxygen atoms in total. The van der Waals surface area contributed by atoms with Gasteiger partial charge in [-0.05, 0) is 29.7 Å². The summed E-state index contributed by atoms with van der Waals surface area (Å²) in [6.07, 6.45) is 1.70. The molecule has 1 aromatic heterocycles. The maximum atomic E-state index is 12.9. The van der Waals surface area contributed by atoms with Crippen LogP contribution in [0.4, 0.5) is 0 Å². The largest absolute Gasteiger partial charge is 0.489 e. The number of carbonyl (C=O) groups excluding carboxylic acids is 3. The van der Waals surface area contributed by atoms with E-state index in [1.54, 1.807) is 18.2 Å². The first-order valence-corrected chi connectivity index (χ1v) is 11.0. The standard InChI is InChI=1S/C24H21N5O6/c30-21-9-8-18(22(31)26-21)28-12-17-16(23(28)32)2-1-3-20(17)35-13-15-6-4-14(5-7-15)11-29-19(24(33)34)10-25-27-29/h1-7,10,18H,8-9,11-13H2,(H,33,34)(H,26,30,31). The number of carbonyl (C=O) groups is 4. The van der Waals surface area contributed by atoms with Crippen molar-refractivity contribution in [2.45, 2.75) is 38.6 Å². The molecule has 0 radical (unpaired) electrons. The van der Waals surface area contributed by atoms with E-state index in [0.29, 0.717) is 23.3 Å². The van der Waals surface area contributed by atoms with Crippen LogP contribution in [-0.4, -0.2) is 54.7 Å². The van der Waals surface area contributed by atoms with Crippen LogP contribution in [0.2, 0.25) is 0 Å². The molecular formula is C24H21N5O6. The number of imide groups is 1. The van der Waals surface area contributed by atoms with Gasteiger partial charge in [0.1, 0.15) is 18.4 Å². The number of nitrogens with one attached hydrogen (secondary N) is 1. The van der Waals surface area contributed by atoms with Crippen molar-refractivity contribution in [1.82, 2.24) is 25.2 Å². The van der Waals surface area contributed by atoms with Gasteiger partial charge in [0, 0.05) is 17.5 Å². The molecule has 2 aromatic carbocycles. The highest BCUT2D eigenvalue weighted by Gasteiger charge is 2.40. The van der Waals surface area contributed by atoms with Crippen molar-refractivity contribution in [3.05, 3.63) is 76.6 Å². The minimum absolute atomic E-state index is 0.0104. The third-order valence-electron chi connectivity index (χ3n) is 6.13. The third kappa shape index (κ3) is 4.35. The van der Waals surface area contributed by atoms with Crippen LogP contribution < -0.4 is 10.1 Å². The number of nitrogens with zero attached hydrogens (tertiary/aromatic N) is 4.